The van der Waals surface area contributed by atoms with Crippen LogP contribution < -0.4 is 16.4 Å². The van der Waals surface area contributed by atoms with E-state index in [1.165, 1.54) is 30.5 Å². The van der Waals surface area contributed by atoms with Crippen LogP contribution in [0.4, 0.5) is 13.2 Å². The van der Waals surface area contributed by atoms with Gasteiger partial charge in [0.05, 0.1) is 17.3 Å². The van der Waals surface area contributed by atoms with Gasteiger partial charge < -0.3 is 11.1 Å². The van der Waals surface area contributed by atoms with Crippen LogP contribution in [0.25, 0.3) is 11.1 Å². The van der Waals surface area contributed by atoms with Gasteiger partial charge in [0.2, 0.25) is 5.91 Å². The molecule has 1 fully saturated rings. The molecule has 0 spiro atoms. The Labute approximate surface area is 229 Å². The molecule has 0 bridgehead atoms. The highest BCUT2D eigenvalue weighted by Crippen LogP contribution is 2.33. The predicted molar refractivity (Wildman–Crippen MR) is 145 cm³/mol. The number of nitrogens with one attached hydrogen (secondary N) is 2. The van der Waals surface area contributed by atoms with Gasteiger partial charge in [-0.2, -0.15) is 0 Å². The minimum atomic E-state index is -0.932. The Kier molecular flexibility index (Phi) is 7.93. The Morgan fingerprint density at radius 1 is 0.950 bits per heavy atom. The number of hydrogen-bond acceptors (Lipinski definition) is 4. The summed E-state index contributed by atoms with van der Waals surface area (Å²) in [5.41, 5.74) is 7.72. The van der Waals surface area contributed by atoms with E-state index in [0.29, 0.717) is 23.2 Å². The minimum Gasteiger partial charge on any atom is -0.366 e. The Morgan fingerprint density at radius 2 is 1.70 bits per heavy atom. The van der Waals surface area contributed by atoms with E-state index in [0.717, 1.165) is 24.1 Å². The monoisotopic (exact) mass is 544 g/mol. The predicted octanol–water partition coefficient (Wildman–Crippen LogP) is 5.01. The van der Waals surface area contributed by atoms with Crippen LogP contribution >= 0.6 is 0 Å². The van der Waals surface area contributed by atoms with Crippen molar-refractivity contribution in [3.8, 4) is 11.1 Å². The van der Waals surface area contributed by atoms with Crippen molar-refractivity contribution in [1.29, 1.82) is 0 Å². The summed E-state index contributed by atoms with van der Waals surface area (Å²) in [6, 6.07) is 19.9. The number of aromatic nitrogens is 1. The molecule has 0 unspecified atom stereocenters. The van der Waals surface area contributed by atoms with Crippen molar-refractivity contribution in [2.45, 2.75) is 30.8 Å². The number of nitrogens with two attached hydrogens (primary N) is 1. The maximum Gasteiger partial charge on any atom is 0.251 e. The summed E-state index contributed by atoms with van der Waals surface area (Å²) in [6.07, 6.45) is 2.94. The Morgan fingerprint density at radius 3 is 2.42 bits per heavy atom. The van der Waals surface area contributed by atoms with Crippen molar-refractivity contribution in [2.75, 3.05) is 6.54 Å². The number of rotatable bonds is 8. The van der Waals surface area contributed by atoms with E-state index in [4.69, 9.17) is 5.73 Å². The van der Waals surface area contributed by atoms with Crippen molar-refractivity contribution >= 4 is 11.8 Å². The fraction of sp³-hybridized carbons (Fsp3) is 0.194. The van der Waals surface area contributed by atoms with E-state index in [2.05, 4.69) is 15.6 Å². The molecule has 0 saturated carbocycles. The molecule has 1 aromatic heterocycles. The molecule has 4 aromatic rings. The first kappa shape index (κ1) is 27.1. The summed E-state index contributed by atoms with van der Waals surface area (Å²) in [5.74, 6) is -4.25. The van der Waals surface area contributed by atoms with Gasteiger partial charge in [0.25, 0.3) is 5.91 Å². The molecular weight excluding hydrogens is 517 g/mol. The minimum absolute atomic E-state index is 0.0101. The van der Waals surface area contributed by atoms with Gasteiger partial charge in [-0.25, -0.2) is 13.2 Å². The van der Waals surface area contributed by atoms with Crippen LogP contribution in [0, 0.1) is 17.5 Å². The van der Waals surface area contributed by atoms with Gasteiger partial charge in [0, 0.05) is 36.3 Å². The molecule has 3 aromatic carbocycles. The molecule has 9 heteroatoms. The summed E-state index contributed by atoms with van der Waals surface area (Å²) in [7, 11) is 0. The molecule has 2 heterocycles. The molecule has 40 heavy (non-hydrogen) atoms. The van der Waals surface area contributed by atoms with E-state index in [1.807, 2.05) is 30.3 Å². The molecule has 5 rings (SSSR count). The first-order chi connectivity index (χ1) is 19.3. The number of benzene rings is 3. The Hall–Kier alpha value is -4.50. The second kappa shape index (κ2) is 11.7. The van der Waals surface area contributed by atoms with Gasteiger partial charge in [-0.1, -0.05) is 42.5 Å². The van der Waals surface area contributed by atoms with Gasteiger partial charge in [-0.3, -0.25) is 19.9 Å². The van der Waals surface area contributed by atoms with Crippen molar-refractivity contribution in [1.82, 2.24) is 15.6 Å². The normalized spacial score (nSPS) is 17.4. The number of hydrogen-bond donors (Lipinski definition) is 3. The fourth-order valence-corrected chi connectivity index (χ4v) is 5.19. The lowest BCUT2D eigenvalue weighted by Crippen LogP contribution is -2.42. The highest BCUT2D eigenvalue weighted by Gasteiger charge is 2.31. The number of pyridine rings is 1. The molecule has 3 atom stereocenters. The maximum absolute atomic E-state index is 14.3. The highest BCUT2D eigenvalue weighted by molar-refractivity contribution is 5.94. The third kappa shape index (κ3) is 5.89. The smallest absolute Gasteiger partial charge is 0.251 e. The Bertz CT molecular complexity index is 1530. The molecule has 0 aliphatic carbocycles. The lowest BCUT2D eigenvalue weighted by atomic mass is 9.89. The molecule has 1 aliphatic heterocycles. The second-order valence-electron chi connectivity index (χ2n) is 9.76. The average molecular weight is 545 g/mol. The number of halogens is 3. The number of carbonyl (C=O) groups is 2. The standard InChI is InChI=1S/C31H27F3N4O2/c32-21-13-20(14-22(33)16-21)25(17-37-31(40)28-11-10-27(38-28)18-5-2-1-3-6-18)29-23(7-4-12-36-29)19-8-9-26(34)24(15-19)30(35)39/h1-9,12-16,25,27-28,38H,10-11,17H2,(H2,35,39)(H,37,40)/t25-,27-,28+/m0/s1. The largest absolute Gasteiger partial charge is 0.366 e. The third-order valence-electron chi connectivity index (χ3n) is 7.14. The summed E-state index contributed by atoms with van der Waals surface area (Å²) < 4.78 is 42.8. The number of primary amides is 1. The van der Waals surface area contributed by atoms with Crippen molar-refractivity contribution in [3.63, 3.8) is 0 Å². The van der Waals surface area contributed by atoms with E-state index in [1.54, 1.807) is 12.1 Å². The average Bonchev–Trinajstić information content (AvgIpc) is 3.44. The van der Waals surface area contributed by atoms with Gasteiger partial charge in [0.15, 0.2) is 0 Å². The molecule has 6 nitrogen and oxygen atoms in total. The van der Waals surface area contributed by atoms with Crippen molar-refractivity contribution < 1.29 is 22.8 Å². The molecule has 1 aliphatic rings. The summed E-state index contributed by atoms with van der Waals surface area (Å²) >= 11 is 0. The molecule has 204 valence electrons. The van der Waals surface area contributed by atoms with E-state index in [9.17, 15) is 22.8 Å². The SMILES string of the molecule is NC(=O)c1cc(-c2cccnc2[C@@H](CNC(=O)[C@H]2CC[C@@H](c3ccccc3)N2)c2cc(F)cc(F)c2)ccc1F. The summed E-state index contributed by atoms with van der Waals surface area (Å²) in [6.45, 7) is -0.0101. The van der Waals surface area contributed by atoms with Crippen molar-refractivity contribution in [3.05, 3.63) is 125 Å². The lowest BCUT2D eigenvalue weighted by molar-refractivity contribution is -0.122. The molecule has 1 saturated heterocycles. The number of nitrogens with zero attached hydrogens (tertiary/aromatic N) is 1. The molecule has 4 N–H and O–H groups in total. The number of amides is 2. The van der Waals surface area contributed by atoms with Gasteiger partial charge in [-0.15, -0.1) is 0 Å². The molecular formula is C31H27F3N4O2. The van der Waals surface area contributed by atoms with Crippen LogP contribution in [0.1, 0.15) is 52.0 Å². The Balaban J connectivity index is 1.45. The van der Waals surface area contributed by atoms with E-state index in [-0.39, 0.29) is 29.6 Å². The van der Waals surface area contributed by atoms with E-state index >= 15 is 0 Å². The molecule has 0 radical (unpaired) electrons. The number of carbonyl (C=O) groups excluding carboxylic acids is 2. The first-order valence-corrected chi connectivity index (χ1v) is 12.9. The van der Waals surface area contributed by atoms with Crippen LogP contribution in [0.5, 0.6) is 0 Å². The fourth-order valence-electron chi connectivity index (χ4n) is 5.19. The quantitative estimate of drug-likeness (QED) is 0.291. The second-order valence-corrected chi connectivity index (χ2v) is 9.76. The van der Waals surface area contributed by atoms with Crippen LogP contribution in [-0.4, -0.2) is 29.4 Å². The zero-order chi connectivity index (χ0) is 28.2. The van der Waals surface area contributed by atoms with E-state index < -0.39 is 35.3 Å². The summed E-state index contributed by atoms with van der Waals surface area (Å²) in [4.78, 5) is 29.5. The zero-order valence-electron chi connectivity index (χ0n) is 21.4. The van der Waals surface area contributed by atoms with Crippen molar-refractivity contribution in [2.24, 2.45) is 5.73 Å². The van der Waals surface area contributed by atoms with Gasteiger partial charge >= 0.3 is 0 Å². The zero-order valence-corrected chi connectivity index (χ0v) is 21.4. The maximum atomic E-state index is 14.3. The van der Waals surface area contributed by atoms with Crippen LogP contribution in [0.15, 0.2) is 85.1 Å². The summed E-state index contributed by atoms with van der Waals surface area (Å²) in [5, 5.41) is 6.29. The van der Waals surface area contributed by atoms with Crippen LogP contribution in [0.2, 0.25) is 0 Å². The topological polar surface area (TPSA) is 97.1 Å². The van der Waals surface area contributed by atoms with Gasteiger partial charge in [0.1, 0.15) is 17.5 Å². The first-order valence-electron chi connectivity index (χ1n) is 12.9. The third-order valence-corrected chi connectivity index (χ3v) is 7.14. The molecule has 2 amide bonds. The van der Waals surface area contributed by atoms with Gasteiger partial charge in [-0.05, 0) is 59.9 Å². The lowest BCUT2D eigenvalue weighted by Gasteiger charge is -2.22. The van der Waals surface area contributed by atoms with Crippen LogP contribution in [0.3, 0.4) is 0 Å². The van der Waals surface area contributed by atoms with Crippen LogP contribution in [-0.2, 0) is 4.79 Å². The highest BCUT2D eigenvalue weighted by atomic mass is 19.1.